The molecular formula is C18H22N4O2. The lowest BCUT2D eigenvalue weighted by Gasteiger charge is -2.35. The molecule has 126 valence electrons. The Balaban J connectivity index is 1.56. The van der Waals surface area contributed by atoms with Crippen LogP contribution in [0.15, 0.2) is 36.7 Å². The zero-order valence-corrected chi connectivity index (χ0v) is 13.9. The summed E-state index contributed by atoms with van der Waals surface area (Å²) in [7, 11) is 0. The van der Waals surface area contributed by atoms with Crippen LogP contribution >= 0.6 is 0 Å². The van der Waals surface area contributed by atoms with Crippen LogP contribution in [0.3, 0.4) is 0 Å². The van der Waals surface area contributed by atoms with Crippen molar-refractivity contribution in [1.29, 1.82) is 0 Å². The van der Waals surface area contributed by atoms with Gasteiger partial charge >= 0.3 is 0 Å². The smallest absolute Gasteiger partial charge is 0.227 e. The average molecular weight is 326 g/mol. The molecule has 1 aliphatic rings. The number of carbonyl (C=O) groups is 1. The summed E-state index contributed by atoms with van der Waals surface area (Å²) in [4.78, 5) is 25.0. The van der Waals surface area contributed by atoms with Gasteiger partial charge in [-0.15, -0.1) is 0 Å². The van der Waals surface area contributed by atoms with E-state index in [0.717, 1.165) is 30.0 Å². The van der Waals surface area contributed by atoms with E-state index in [2.05, 4.69) is 14.9 Å². The summed E-state index contributed by atoms with van der Waals surface area (Å²) in [6.07, 6.45) is 3.72. The van der Waals surface area contributed by atoms with Crippen molar-refractivity contribution in [2.45, 2.75) is 20.0 Å². The number of carbonyl (C=O) groups excluding carboxylic acids is 1. The fourth-order valence-electron chi connectivity index (χ4n) is 2.86. The summed E-state index contributed by atoms with van der Waals surface area (Å²) in [5.41, 5.74) is 2.81. The topological polar surface area (TPSA) is 69.6 Å². The highest BCUT2D eigenvalue weighted by molar-refractivity contribution is 5.79. The number of benzene rings is 1. The molecule has 0 aliphatic carbocycles. The molecule has 3 rings (SSSR count). The Labute approximate surface area is 141 Å². The van der Waals surface area contributed by atoms with Crippen molar-refractivity contribution >= 4 is 11.7 Å². The average Bonchev–Trinajstić information content (AvgIpc) is 2.64. The van der Waals surface area contributed by atoms with Gasteiger partial charge in [-0.25, -0.2) is 4.98 Å². The molecular weight excluding hydrogens is 304 g/mol. The molecule has 0 saturated carbocycles. The SMILES string of the molecule is Cc1ccccc1CC(=O)N1CCN(c2cnc(CO)cn2)CC1. The van der Waals surface area contributed by atoms with Crippen LogP contribution in [0.1, 0.15) is 16.8 Å². The van der Waals surface area contributed by atoms with Gasteiger partial charge in [0.2, 0.25) is 5.91 Å². The molecule has 1 aromatic carbocycles. The molecule has 1 aliphatic heterocycles. The molecule has 0 spiro atoms. The number of aliphatic hydroxyl groups excluding tert-OH is 1. The van der Waals surface area contributed by atoms with Crippen LogP contribution < -0.4 is 4.90 Å². The molecule has 2 heterocycles. The van der Waals surface area contributed by atoms with E-state index in [1.165, 1.54) is 0 Å². The highest BCUT2D eigenvalue weighted by Crippen LogP contribution is 2.14. The number of aryl methyl sites for hydroxylation is 1. The summed E-state index contributed by atoms with van der Waals surface area (Å²) in [6, 6.07) is 8.02. The van der Waals surface area contributed by atoms with E-state index in [9.17, 15) is 4.79 Å². The molecule has 1 fully saturated rings. The second-order valence-corrected chi connectivity index (χ2v) is 6.00. The van der Waals surface area contributed by atoms with Gasteiger partial charge in [-0.1, -0.05) is 24.3 Å². The molecule has 0 radical (unpaired) electrons. The Hall–Kier alpha value is -2.47. The first-order valence-corrected chi connectivity index (χ1v) is 8.16. The predicted molar refractivity (Wildman–Crippen MR) is 91.6 cm³/mol. The Morgan fingerprint density at radius 1 is 1.12 bits per heavy atom. The summed E-state index contributed by atoms with van der Waals surface area (Å²) in [5.74, 6) is 0.962. The number of piperazine rings is 1. The standard InChI is InChI=1S/C18H22N4O2/c1-14-4-2-3-5-15(14)10-18(24)22-8-6-21(7-9-22)17-12-19-16(13-23)11-20-17/h2-5,11-12,23H,6-10,13H2,1H3. The van der Waals surface area contributed by atoms with Crippen LogP contribution in [0.4, 0.5) is 5.82 Å². The number of aliphatic hydroxyl groups is 1. The van der Waals surface area contributed by atoms with Crippen LogP contribution in [0, 0.1) is 6.92 Å². The Morgan fingerprint density at radius 3 is 2.50 bits per heavy atom. The first kappa shape index (κ1) is 16.4. The molecule has 6 nitrogen and oxygen atoms in total. The van der Waals surface area contributed by atoms with Crippen LogP contribution in [0.25, 0.3) is 0 Å². The van der Waals surface area contributed by atoms with Crippen molar-refractivity contribution < 1.29 is 9.90 Å². The van der Waals surface area contributed by atoms with E-state index in [0.29, 0.717) is 25.2 Å². The number of hydrogen-bond donors (Lipinski definition) is 1. The maximum Gasteiger partial charge on any atom is 0.227 e. The maximum absolute atomic E-state index is 12.5. The van der Waals surface area contributed by atoms with Crippen molar-refractivity contribution in [2.75, 3.05) is 31.1 Å². The second-order valence-electron chi connectivity index (χ2n) is 6.00. The summed E-state index contributed by atoms with van der Waals surface area (Å²) in [5, 5.41) is 9.01. The maximum atomic E-state index is 12.5. The molecule has 1 N–H and O–H groups in total. The minimum atomic E-state index is -0.103. The lowest BCUT2D eigenvalue weighted by molar-refractivity contribution is -0.130. The van der Waals surface area contributed by atoms with E-state index >= 15 is 0 Å². The van der Waals surface area contributed by atoms with Crippen molar-refractivity contribution in [2.24, 2.45) is 0 Å². The van der Waals surface area contributed by atoms with Crippen molar-refractivity contribution in [3.63, 3.8) is 0 Å². The van der Waals surface area contributed by atoms with Crippen LogP contribution in [-0.4, -0.2) is 52.1 Å². The second kappa shape index (κ2) is 7.40. The Kier molecular flexibility index (Phi) is 5.05. The van der Waals surface area contributed by atoms with Gasteiger partial charge in [0.25, 0.3) is 0 Å². The van der Waals surface area contributed by atoms with Crippen molar-refractivity contribution in [3.8, 4) is 0 Å². The lowest BCUT2D eigenvalue weighted by atomic mass is 10.1. The molecule has 24 heavy (non-hydrogen) atoms. The lowest BCUT2D eigenvalue weighted by Crippen LogP contribution is -2.49. The van der Waals surface area contributed by atoms with Gasteiger partial charge in [0, 0.05) is 26.2 Å². The molecule has 1 aromatic heterocycles. The molecule has 0 atom stereocenters. The van der Waals surface area contributed by atoms with Gasteiger partial charge in [0.15, 0.2) is 0 Å². The van der Waals surface area contributed by atoms with Gasteiger partial charge in [0.1, 0.15) is 5.82 Å². The quantitative estimate of drug-likeness (QED) is 0.913. The first-order valence-electron chi connectivity index (χ1n) is 8.16. The normalized spacial score (nSPS) is 14.8. The Morgan fingerprint density at radius 2 is 1.88 bits per heavy atom. The third-order valence-corrected chi connectivity index (χ3v) is 4.41. The minimum Gasteiger partial charge on any atom is -0.390 e. The fraction of sp³-hybridized carbons (Fsp3) is 0.389. The fourth-order valence-corrected chi connectivity index (χ4v) is 2.86. The van der Waals surface area contributed by atoms with Gasteiger partial charge < -0.3 is 14.9 Å². The van der Waals surface area contributed by atoms with Gasteiger partial charge in [-0.3, -0.25) is 9.78 Å². The molecule has 1 saturated heterocycles. The van der Waals surface area contributed by atoms with Crippen LogP contribution in [0.5, 0.6) is 0 Å². The van der Waals surface area contributed by atoms with Gasteiger partial charge in [-0.2, -0.15) is 0 Å². The zero-order chi connectivity index (χ0) is 16.9. The molecule has 1 amide bonds. The summed E-state index contributed by atoms with van der Waals surface area (Å²) >= 11 is 0. The molecule has 0 bridgehead atoms. The third kappa shape index (κ3) is 3.71. The monoisotopic (exact) mass is 326 g/mol. The molecule has 6 heteroatoms. The first-order chi connectivity index (χ1) is 11.7. The van der Waals surface area contributed by atoms with Crippen molar-refractivity contribution in [3.05, 3.63) is 53.5 Å². The van der Waals surface area contributed by atoms with Crippen LogP contribution in [-0.2, 0) is 17.8 Å². The summed E-state index contributed by atoms with van der Waals surface area (Å²) in [6.45, 7) is 4.80. The number of hydrogen-bond acceptors (Lipinski definition) is 5. The van der Waals surface area contributed by atoms with Crippen molar-refractivity contribution in [1.82, 2.24) is 14.9 Å². The predicted octanol–water partition coefficient (Wildman–Crippen LogP) is 1.17. The number of aromatic nitrogens is 2. The highest BCUT2D eigenvalue weighted by atomic mass is 16.3. The van der Waals surface area contributed by atoms with Gasteiger partial charge in [-0.05, 0) is 18.1 Å². The van der Waals surface area contributed by atoms with Crippen LogP contribution in [0.2, 0.25) is 0 Å². The molecule has 0 unspecified atom stereocenters. The van der Waals surface area contributed by atoms with E-state index in [-0.39, 0.29) is 12.5 Å². The molecule has 2 aromatic rings. The third-order valence-electron chi connectivity index (χ3n) is 4.41. The van der Waals surface area contributed by atoms with E-state index in [1.54, 1.807) is 12.4 Å². The number of nitrogens with zero attached hydrogens (tertiary/aromatic N) is 4. The number of anilines is 1. The minimum absolute atomic E-state index is 0.103. The highest BCUT2D eigenvalue weighted by Gasteiger charge is 2.22. The zero-order valence-electron chi connectivity index (χ0n) is 13.9. The van der Waals surface area contributed by atoms with E-state index < -0.39 is 0 Å². The van der Waals surface area contributed by atoms with Gasteiger partial charge in [0.05, 0.1) is 31.1 Å². The van der Waals surface area contributed by atoms with E-state index in [4.69, 9.17) is 5.11 Å². The summed E-state index contributed by atoms with van der Waals surface area (Å²) < 4.78 is 0. The largest absolute Gasteiger partial charge is 0.390 e. The Bertz CT molecular complexity index is 694. The van der Waals surface area contributed by atoms with E-state index in [1.807, 2.05) is 36.1 Å². The number of amides is 1. The number of rotatable bonds is 4.